The van der Waals surface area contributed by atoms with Crippen molar-refractivity contribution in [3.8, 4) is 17.1 Å². The van der Waals surface area contributed by atoms with Crippen LogP contribution in [-0.2, 0) is 6.42 Å². The topological polar surface area (TPSA) is 63.5 Å². The number of carbonyl (C=O) groups excluding carboxylic acids is 1. The minimum Gasteiger partial charge on any atom is -0.488 e. The van der Waals surface area contributed by atoms with Gasteiger partial charge in [0, 0.05) is 43.1 Å². The van der Waals surface area contributed by atoms with E-state index in [1.165, 1.54) is 12.1 Å². The monoisotopic (exact) mass is 354 g/mol. The average molecular weight is 354 g/mol. The first-order valence-electron chi connectivity index (χ1n) is 8.48. The normalized spacial score (nSPS) is 15.6. The molecule has 6 heteroatoms. The Morgan fingerprint density at radius 1 is 1.23 bits per heavy atom. The summed E-state index contributed by atoms with van der Waals surface area (Å²) in [6.07, 6.45) is 0.706. The SMILES string of the molecule is CNC(=O)c1c(-c2ccc(F)cc2)oc2cc(NC)c3c(c12)CC(C)O3. The number of hydrogen-bond donors (Lipinski definition) is 2. The van der Waals surface area contributed by atoms with E-state index in [2.05, 4.69) is 10.6 Å². The third-order valence-corrected chi connectivity index (χ3v) is 4.67. The molecule has 1 amide bonds. The van der Waals surface area contributed by atoms with Crippen LogP contribution in [0.5, 0.6) is 5.75 Å². The van der Waals surface area contributed by atoms with Crippen LogP contribution < -0.4 is 15.4 Å². The van der Waals surface area contributed by atoms with Crippen LogP contribution in [0.3, 0.4) is 0 Å². The molecule has 26 heavy (non-hydrogen) atoms. The van der Waals surface area contributed by atoms with Gasteiger partial charge in [0.1, 0.15) is 29.0 Å². The fourth-order valence-corrected chi connectivity index (χ4v) is 3.51. The summed E-state index contributed by atoms with van der Waals surface area (Å²) >= 11 is 0. The number of fused-ring (bicyclic) bond motifs is 3. The fourth-order valence-electron chi connectivity index (χ4n) is 3.51. The van der Waals surface area contributed by atoms with Crippen LogP contribution in [0.1, 0.15) is 22.8 Å². The number of carbonyl (C=O) groups is 1. The van der Waals surface area contributed by atoms with Gasteiger partial charge >= 0.3 is 0 Å². The molecule has 5 nitrogen and oxygen atoms in total. The van der Waals surface area contributed by atoms with Crippen LogP contribution in [0.4, 0.5) is 10.1 Å². The number of hydrogen-bond acceptors (Lipinski definition) is 4. The lowest BCUT2D eigenvalue weighted by molar-refractivity contribution is 0.0964. The Labute approximate surface area is 150 Å². The van der Waals surface area contributed by atoms with Crippen LogP contribution >= 0.6 is 0 Å². The van der Waals surface area contributed by atoms with Crippen molar-refractivity contribution in [1.29, 1.82) is 0 Å². The van der Waals surface area contributed by atoms with Crippen LogP contribution in [0.15, 0.2) is 34.7 Å². The zero-order chi connectivity index (χ0) is 18.4. The van der Waals surface area contributed by atoms with E-state index in [1.54, 1.807) is 19.2 Å². The van der Waals surface area contributed by atoms with E-state index in [-0.39, 0.29) is 17.8 Å². The van der Waals surface area contributed by atoms with Gasteiger partial charge < -0.3 is 19.8 Å². The van der Waals surface area contributed by atoms with Gasteiger partial charge in [0.2, 0.25) is 0 Å². The summed E-state index contributed by atoms with van der Waals surface area (Å²) in [7, 11) is 3.40. The van der Waals surface area contributed by atoms with Gasteiger partial charge in [-0.05, 0) is 31.2 Å². The number of ether oxygens (including phenoxy) is 1. The minimum absolute atomic E-state index is 0.0180. The molecule has 0 spiro atoms. The van der Waals surface area contributed by atoms with E-state index in [1.807, 2.05) is 20.0 Å². The first-order chi connectivity index (χ1) is 12.5. The molecular weight excluding hydrogens is 335 g/mol. The predicted molar refractivity (Wildman–Crippen MR) is 98.3 cm³/mol. The molecule has 1 aliphatic rings. The molecule has 0 saturated heterocycles. The Morgan fingerprint density at radius 3 is 2.62 bits per heavy atom. The molecule has 0 fully saturated rings. The molecule has 3 aromatic rings. The summed E-state index contributed by atoms with van der Waals surface area (Å²) in [5.41, 5.74) is 3.47. The van der Waals surface area contributed by atoms with Gasteiger partial charge in [0.15, 0.2) is 0 Å². The molecule has 0 bridgehead atoms. The number of benzene rings is 2. The number of anilines is 1. The Balaban J connectivity index is 2.06. The summed E-state index contributed by atoms with van der Waals surface area (Å²) in [5, 5.41) is 6.56. The van der Waals surface area contributed by atoms with Crippen molar-refractivity contribution >= 4 is 22.6 Å². The van der Waals surface area contributed by atoms with E-state index in [0.29, 0.717) is 28.9 Å². The standard InChI is InChI=1S/C20H19FN2O3/c1-10-8-13-16-15(9-14(22-2)19(13)25-10)26-18(17(16)20(24)23-3)11-4-6-12(21)7-5-11/h4-7,9-10,22H,8H2,1-3H3,(H,23,24). The minimum atomic E-state index is -0.341. The zero-order valence-corrected chi connectivity index (χ0v) is 14.8. The van der Waals surface area contributed by atoms with Crippen LogP contribution in [0.2, 0.25) is 0 Å². The van der Waals surface area contributed by atoms with Crippen molar-refractivity contribution in [2.75, 3.05) is 19.4 Å². The maximum absolute atomic E-state index is 13.3. The molecule has 4 rings (SSSR count). The smallest absolute Gasteiger partial charge is 0.255 e. The molecule has 0 aliphatic carbocycles. The van der Waals surface area contributed by atoms with E-state index in [9.17, 15) is 9.18 Å². The van der Waals surface area contributed by atoms with Crippen molar-refractivity contribution in [2.45, 2.75) is 19.4 Å². The molecule has 2 N–H and O–H groups in total. The Morgan fingerprint density at radius 2 is 1.96 bits per heavy atom. The lowest BCUT2D eigenvalue weighted by Gasteiger charge is -2.09. The van der Waals surface area contributed by atoms with Crippen LogP contribution in [0, 0.1) is 5.82 Å². The molecule has 134 valence electrons. The molecular formula is C20H19FN2O3. The van der Waals surface area contributed by atoms with E-state index in [4.69, 9.17) is 9.15 Å². The molecule has 0 radical (unpaired) electrons. The zero-order valence-electron chi connectivity index (χ0n) is 14.8. The number of nitrogens with one attached hydrogen (secondary N) is 2. The highest BCUT2D eigenvalue weighted by molar-refractivity contribution is 6.13. The quantitative estimate of drug-likeness (QED) is 0.747. The molecule has 2 heterocycles. The molecule has 2 aromatic carbocycles. The lowest BCUT2D eigenvalue weighted by atomic mass is 9.98. The van der Waals surface area contributed by atoms with E-state index >= 15 is 0 Å². The predicted octanol–water partition coefficient (Wildman–Crippen LogP) is 3.96. The van der Waals surface area contributed by atoms with Gasteiger partial charge in [-0.1, -0.05) is 0 Å². The number of furan rings is 1. The summed E-state index contributed by atoms with van der Waals surface area (Å²) in [6, 6.07) is 7.76. The Kier molecular flexibility index (Phi) is 3.83. The van der Waals surface area contributed by atoms with Crippen molar-refractivity contribution in [2.24, 2.45) is 0 Å². The summed E-state index contributed by atoms with van der Waals surface area (Å²) in [4.78, 5) is 12.7. The maximum Gasteiger partial charge on any atom is 0.255 e. The fraction of sp³-hybridized carbons (Fsp3) is 0.250. The number of halogens is 1. The maximum atomic E-state index is 13.3. The average Bonchev–Trinajstić information content (AvgIpc) is 3.20. The van der Waals surface area contributed by atoms with Crippen LogP contribution in [0.25, 0.3) is 22.3 Å². The van der Waals surface area contributed by atoms with Crippen molar-refractivity contribution in [3.63, 3.8) is 0 Å². The second-order valence-electron chi connectivity index (χ2n) is 6.38. The van der Waals surface area contributed by atoms with Gasteiger partial charge in [0.05, 0.1) is 11.3 Å². The Bertz CT molecular complexity index is 1010. The van der Waals surface area contributed by atoms with Crippen molar-refractivity contribution < 1.29 is 18.3 Å². The van der Waals surface area contributed by atoms with Gasteiger partial charge in [-0.25, -0.2) is 4.39 Å². The molecule has 1 atom stereocenters. The number of amides is 1. The van der Waals surface area contributed by atoms with Gasteiger partial charge in [-0.3, -0.25) is 4.79 Å². The first-order valence-corrected chi connectivity index (χ1v) is 8.48. The van der Waals surface area contributed by atoms with Gasteiger partial charge in [-0.15, -0.1) is 0 Å². The number of rotatable bonds is 3. The molecule has 0 saturated carbocycles. The van der Waals surface area contributed by atoms with Gasteiger partial charge in [0.25, 0.3) is 5.91 Å². The second-order valence-corrected chi connectivity index (χ2v) is 6.38. The van der Waals surface area contributed by atoms with Gasteiger partial charge in [-0.2, -0.15) is 0 Å². The highest BCUT2D eigenvalue weighted by Gasteiger charge is 2.31. The largest absolute Gasteiger partial charge is 0.488 e. The summed E-state index contributed by atoms with van der Waals surface area (Å²) in [5.74, 6) is 0.590. The third kappa shape index (κ3) is 2.41. The first kappa shape index (κ1) is 16.4. The summed E-state index contributed by atoms with van der Waals surface area (Å²) in [6.45, 7) is 1.99. The van der Waals surface area contributed by atoms with Crippen molar-refractivity contribution in [3.05, 3.63) is 47.3 Å². The molecule has 1 aromatic heterocycles. The third-order valence-electron chi connectivity index (χ3n) is 4.67. The highest BCUT2D eigenvalue weighted by Crippen LogP contribution is 2.46. The molecule has 1 aliphatic heterocycles. The second kappa shape index (κ2) is 6.05. The Hall–Kier alpha value is -3.02. The lowest BCUT2D eigenvalue weighted by Crippen LogP contribution is -2.18. The molecule has 1 unspecified atom stereocenters. The van der Waals surface area contributed by atoms with E-state index < -0.39 is 0 Å². The van der Waals surface area contributed by atoms with Crippen LogP contribution in [-0.4, -0.2) is 26.1 Å². The summed E-state index contributed by atoms with van der Waals surface area (Å²) < 4.78 is 25.3. The van der Waals surface area contributed by atoms with Crippen molar-refractivity contribution in [1.82, 2.24) is 5.32 Å². The highest BCUT2D eigenvalue weighted by atomic mass is 19.1. The van der Waals surface area contributed by atoms with E-state index in [0.717, 1.165) is 22.4 Å².